The predicted molar refractivity (Wildman–Crippen MR) is 100 cm³/mol. The van der Waals surface area contributed by atoms with E-state index in [-0.39, 0.29) is 11.5 Å². The van der Waals surface area contributed by atoms with Crippen molar-refractivity contribution in [2.75, 3.05) is 22.5 Å². The van der Waals surface area contributed by atoms with Crippen molar-refractivity contribution < 1.29 is 4.79 Å². The smallest absolute Gasteiger partial charge is 0.270 e. The number of nitriles is 1. The minimum atomic E-state index is -0.325. The molecule has 0 fully saturated rings. The first kappa shape index (κ1) is 16.9. The maximum Gasteiger partial charge on any atom is 0.270 e. The number of nitrogens with two attached hydrogens (primary N) is 1. The standard InChI is InChI=1S/C19H17ClN4O/c20-16-10-15(22)7-8-17(16)23-12-14(11-21)19(25)24-9-3-5-13-4-1-2-6-18(13)24/h1-2,4,6-8,10,12,23H,3,5,9,22H2/b14-12-. The van der Waals surface area contributed by atoms with E-state index in [1.54, 1.807) is 23.1 Å². The van der Waals surface area contributed by atoms with Gasteiger partial charge < -0.3 is 16.0 Å². The number of halogens is 1. The molecule has 0 spiro atoms. The van der Waals surface area contributed by atoms with Crippen molar-refractivity contribution in [1.82, 2.24) is 0 Å². The molecule has 0 unspecified atom stereocenters. The van der Waals surface area contributed by atoms with Gasteiger partial charge in [-0.15, -0.1) is 0 Å². The minimum absolute atomic E-state index is 0.0181. The van der Waals surface area contributed by atoms with Crippen molar-refractivity contribution in [2.24, 2.45) is 0 Å². The maximum atomic E-state index is 12.8. The molecule has 1 heterocycles. The van der Waals surface area contributed by atoms with E-state index in [9.17, 15) is 10.1 Å². The number of amides is 1. The third kappa shape index (κ3) is 3.59. The molecule has 1 aliphatic heterocycles. The number of anilines is 3. The highest BCUT2D eigenvalue weighted by Gasteiger charge is 2.24. The lowest BCUT2D eigenvalue weighted by atomic mass is 10.0. The number of rotatable bonds is 3. The molecule has 0 saturated carbocycles. The molecule has 0 bridgehead atoms. The molecule has 25 heavy (non-hydrogen) atoms. The average molecular weight is 353 g/mol. The van der Waals surface area contributed by atoms with Crippen LogP contribution in [0.4, 0.5) is 17.1 Å². The molecule has 0 atom stereocenters. The SMILES string of the molecule is N#C/C(=C/Nc1ccc(N)cc1Cl)C(=O)N1CCCc2ccccc21. The highest BCUT2D eigenvalue weighted by atomic mass is 35.5. The number of benzene rings is 2. The van der Waals surface area contributed by atoms with Crippen LogP contribution in [0.2, 0.25) is 5.02 Å². The topological polar surface area (TPSA) is 82.1 Å². The number of para-hydroxylation sites is 1. The fourth-order valence-corrected chi connectivity index (χ4v) is 3.07. The molecule has 126 valence electrons. The van der Waals surface area contributed by atoms with E-state index in [1.165, 1.54) is 6.20 Å². The Hall–Kier alpha value is -2.97. The molecule has 3 rings (SSSR count). The first-order chi connectivity index (χ1) is 12.1. The van der Waals surface area contributed by atoms with E-state index in [0.29, 0.717) is 22.9 Å². The van der Waals surface area contributed by atoms with Crippen molar-refractivity contribution in [3.63, 3.8) is 0 Å². The van der Waals surface area contributed by atoms with E-state index < -0.39 is 0 Å². The quantitative estimate of drug-likeness (QED) is 0.501. The van der Waals surface area contributed by atoms with Crippen LogP contribution in [0.25, 0.3) is 0 Å². The molecule has 0 aromatic heterocycles. The van der Waals surface area contributed by atoms with Crippen LogP contribution in [-0.2, 0) is 11.2 Å². The molecule has 0 aliphatic carbocycles. The summed E-state index contributed by atoms with van der Waals surface area (Å²) in [5, 5.41) is 12.7. The van der Waals surface area contributed by atoms with Gasteiger partial charge in [0.25, 0.3) is 5.91 Å². The van der Waals surface area contributed by atoms with Crippen molar-refractivity contribution in [1.29, 1.82) is 5.26 Å². The van der Waals surface area contributed by atoms with E-state index in [4.69, 9.17) is 17.3 Å². The first-order valence-corrected chi connectivity index (χ1v) is 8.29. The predicted octanol–water partition coefficient (Wildman–Crippen LogP) is 3.72. The molecule has 1 amide bonds. The number of hydrogen-bond donors (Lipinski definition) is 2. The number of aryl methyl sites for hydroxylation is 1. The van der Waals surface area contributed by atoms with Crippen molar-refractivity contribution in [3.8, 4) is 6.07 Å². The summed E-state index contributed by atoms with van der Waals surface area (Å²) < 4.78 is 0. The molecule has 1 aliphatic rings. The van der Waals surface area contributed by atoms with Gasteiger partial charge in [-0.25, -0.2) is 0 Å². The van der Waals surface area contributed by atoms with E-state index in [2.05, 4.69) is 5.32 Å². The van der Waals surface area contributed by atoms with Crippen LogP contribution in [0.1, 0.15) is 12.0 Å². The number of fused-ring (bicyclic) bond motifs is 1. The van der Waals surface area contributed by atoms with Gasteiger partial charge in [-0.05, 0) is 42.7 Å². The van der Waals surface area contributed by atoms with Crippen LogP contribution in [-0.4, -0.2) is 12.5 Å². The third-order valence-corrected chi connectivity index (χ3v) is 4.38. The normalized spacial score (nSPS) is 13.8. The summed E-state index contributed by atoms with van der Waals surface area (Å²) in [5.41, 5.74) is 8.79. The number of nitrogen functional groups attached to an aromatic ring is 1. The molecule has 0 saturated heterocycles. The Balaban J connectivity index is 1.84. The molecule has 0 radical (unpaired) electrons. The van der Waals surface area contributed by atoms with Crippen LogP contribution >= 0.6 is 11.6 Å². The summed E-state index contributed by atoms with van der Waals surface area (Å²) in [6.45, 7) is 0.595. The zero-order valence-electron chi connectivity index (χ0n) is 13.5. The number of hydrogen-bond acceptors (Lipinski definition) is 4. The second-order valence-electron chi connectivity index (χ2n) is 5.74. The summed E-state index contributed by atoms with van der Waals surface area (Å²) in [4.78, 5) is 14.4. The monoisotopic (exact) mass is 352 g/mol. The first-order valence-electron chi connectivity index (χ1n) is 7.92. The fourth-order valence-electron chi connectivity index (χ4n) is 2.83. The Morgan fingerprint density at radius 3 is 2.88 bits per heavy atom. The highest BCUT2D eigenvalue weighted by Crippen LogP contribution is 2.28. The summed E-state index contributed by atoms with van der Waals surface area (Å²) in [6, 6.07) is 14.7. The Kier molecular flexibility index (Phi) is 4.92. The second-order valence-corrected chi connectivity index (χ2v) is 6.15. The number of nitrogens with zero attached hydrogens (tertiary/aromatic N) is 2. The van der Waals surface area contributed by atoms with Crippen LogP contribution in [0.5, 0.6) is 0 Å². The average Bonchev–Trinajstić information content (AvgIpc) is 2.63. The van der Waals surface area contributed by atoms with E-state index in [1.807, 2.05) is 30.3 Å². The van der Waals surface area contributed by atoms with Gasteiger partial charge in [0.15, 0.2) is 0 Å². The lowest BCUT2D eigenvalue weighted by Crippen LogP contribution is -2.36. The zero-order valence-corrected chi connectivity index (χ0v) is 14.3. The summed E-state index contributed by atoms with van der Waals surface area (Å²) >= 11 is 6.10. The Morgan fingerprint density at radius 2 is 2.12 bits per heavy atom. The lowest BCUT2D eigenvalue weighted by molar-refractivity contribution is -0.114. The van der Waals surface area contributed by atoms with Crippen LogP contribution in [0, 0.1) is 11.3 Å². The molecule has 2 aromatic carbocycles. The highest BCUT2D eigenvalue weighted by molar-refractivity contribution is 6.33. The minimum Gasteiger partial charge on any atom is -0.399 e. The molecular formula is C19H17ClN4O. The molecule has 5 nitrogen and oxygen atoms in total. The Morgan fingerprint density at radius 1 is 1.32 bits per heavy atom. The Labute approximate surface area is 151 Å². The van der Waals surface area contributed by atoms with E-state index >= 15 is 0 Å². The van der Waals surface area contributed by atoms with Crippen LogP contribution in [0.3, 0.4) is 0 Å². The van der Waals surface area contributed by atoms with Crippen LogP contribution < -0.4 is 16.0 Å². The third-order valence-electron chi connectivity index (χ3n) is 4.07. The summed E-state index contributed by atoms with van der Waals surface area (Å²) in [6.07, 6.45) is 3.19. The largest absolute Gasteiger partial charge is 0.399 e. The van der Waals surface area contributed by atoms with Crippen molar-refractivity contribution in [2.45, 2.75) is 12.8 Å². The van der Waals surface area contributed by atoms with E-state index in [0.717, 1.165) is 24.1 Å². The van der Waals surface area contributed by atoms with Gasteiger partial charge in [0.2, 0.25) is 0 Å². The number of carbonyl (C=O) groups is 1. The number of nitrogens with one attached hydrogen (secondary N) is 1. The van der Waals surface area contributed by atoms with Crippen LogP contribution in [0.15, 0.2) is 54.2 Å². The zero-order chi connectivity index (χ0) is 17.8. The molecule has 6 heteroatoms. The molecule has 3 N–H and O–H groups in total. The maximum absolute atomic E-state index is 12.8. The van der Waals surface area contributed by atoms with Gasteiger partial charge in [-0.1, -0.05) is 29.8 Å². The van der Waals surface area contributed by atoms with Crippen molar-refractivity contribution in [3.05, 3.63) is 64.8 Å². The number of carbonyl (C=O) groups excluding carboxylic acids is 1. The van der Waals surface area contributed by atoms with Gasteiger partial charge in [-0.3, -0.25) is 4.79 Å². The molecular weight excluding hydrogens is 336 g/mol. The van der Waals surface area contributed by atoms with Gasteiger partial charge in [0.05, 0.1) is 10.7 Å². The summed E-state index contributed by atoms with van der Waals surface area (Å²) in [5.74, 6) is -0.325. The van der Waals surface area contributed by atoms with Gasteiger partial charge >= 0.3 is 0 Å². The summed E-state index contributed by atoms with van der Waals surface area (Å²) in [7, 11) is 0. The molecule has 2 aromatic rings. The van der Waals surface area contributed by atoms with Crippen molar-refractivity contribution >= 4 is 34.6 Å². The van der Waals surface area contributed by atoms with Gasteiger partial charge in [0.1, 0.15) is 11.6 Å². The fraction of sp³-hybridized carbons (Fsp3) is 0.158. The lowest BCUT2D eigenvalue weighted by Gasteiger charge is -2.29. The second kappa shape index (κ2) is 7.29. The Bertz CT molecular complexity index is 885. The van der Waals surface area contributed by atoms with Gasteiger partial charge in [-0.2, -0.15) is 5.26 Å². The van der Waals surface area contributed by atoms with Gasteiger partial charge in [0, 0.05) is 24.1 Å².